The highest BCUT2D eigenvalue weighted by Crippen LogP contribution is 2.32. The number of anilines is 1. The van der Waals surface area contributed by atoms with Gasteiger partial charge in [0.05, 0.1) is 17.7 Å². The first kappa shape index (κ1) is 22.6. The minimum absolute atomic E-state index is 0.00124. The van der Waals surface area contributed by atoms with Gasteiger partial charge in [-0.15, -0.1) is 0 Å². The second-order valence-corrected chi connectivity index (χ2v) is 7.78. The fourth-order valence-electron chi connectivity index (χ4n) is 3.98. The number of carbonyl (C=O) groups is 6. The fourth-order valence-corrected chi connectivity index (χ4v) is 3.98. The van der Waals surface area contributed by atoms with Crippen LogP contribution in [0.5, 0.6) is 0 Å². The topological polar surface area (TPSA) is 162 Å². The molecule has 0 saturated carbocycles. The molecule has 2 heterocycles. The Balaban J connectivity index is 1.49. The highest BCUT2D eigenvalue weighted by atomic mass is 16.4. The SMILES string of the molecule is O=C1CCC(N2C(=O)c3cccc(NCC(=O)N[C@H](C(=O)O)c4ccccc4)c3C2=O)C(=O)N1. The summed E-state index contributed by atoms with van der Waals surface area (Å²) in [6, 6.07) is 10.3. The standard InChI is InChI=1S/C23H20N4O7/c28-16-10-9-15(20(30)26-16)27-21(31)13-7-4-8-14(18(13)22(27)32)24-11-17(29)25-19(23(33)34)12-5-2-1-3-6-12/h1-8,15,19,24H,9-11H2,(H,25,29)(H,33,34)(H,26,28,30)/t15?,19-/m0/s1. The van der Waals surface area contributed by atoms with Crippen LogP contribution >= 0.6 is 0 Å². The van der Waals surface area contributed by atoms with E-state index in [1.165, 1.54) is 18.2 Å². The number of fused-ring (bicyclic) bond motifs is 1. The monoisotopic (exact) mass is 464 g/mol. The van der Waals surface area contributed by atoms with Gasteiger partial charge in [-0.25, -0.2) is 4.79 Å². The number of carboxylic acids is 1. The van der Waals surface area contributed by atoms with Crippen molar-refractivity contribution in [2.75, 3.05) is 11.9 Å². The van der Waals surface area contributed by atoms with E-state index in [-0.39, 0.29) is 36.2 Å². The van der Waals surface area contributed by atoms with E-state index >= 15 is 0 Å². The molecule has 4 N–H and O–H groups in total. The molecule has 2 atom stereocenters. The number of nitrogens with zero attached hydrogens (tertiary/aromatic N) is 1. The molecule has 2 aliphatic rings. The van der Waals surface area contributed by atoms with Crippen LogP contribution in [0.4, 0.5) is 5.69 Å². The number of imide groups is 2. The van der Waals surface area contributed by atoms with Crippen molar-refractivity contribution in [3.05, 3.63) is 65.2 Å². The summed E-state index contributed by atoms with van der Waals surface area (Å²) < 4.78 is 0. The normalized spacial score (nSPS) is 18.2. The number of benzene rings is 2. The van der Waals surface area contributed by atoms with Crippen molar-refractivity contribution in [2.45, 2.75) is 24.9 Å². The van der Waals surface area contributed by atoms with E-state index in [0.29, 0.717) is 5.56 Å². The van der Waals surface area contributed by atoms with Crippen LogP contribution < -0.4 is 16.0 Å². The predicted molar refractivity (Wildman–Crippen MR) is 117 cm³/mol. The van der Waals surface area contributed by atoms with Crippen molar-refractivity contribution in [2.24, 2.45) is 0 Å². The van der Waals surface area contributed by atoms with Crippen LogP contribution in [0.3, 0.4) is 0 Å². The zero-order valence-corrected chi connectivity index (χ0v) is 17.7. The number of hydrogen-bond donors (Lipinski definition) is 4. The number of carboxylic acid groups (broad SMARTS) is 1. The molecule has 11 heteroatoms. The maximum absolute atomic E-state index is 13.1. The lowest BCUT2D eigenvalue weighted by Gasteiger charge is -2.27. The van der Waals surface area contributed by atoms with E-state index in [0.717, 1.165) is 4.90 Å². The van der Waals surface area contributed by atoms with Crippen molar-refractivity contribution in [1.82, 2.24) is 15.5 Å². The second-order valence-electron chi connectivity index (χ2n) is 7.78. The molecule has 0 radical (unpaired) electrons. The molecule has 174 valence electrons. The summed E-state index contributed by atoms with van der Waals surface area (Å²) >= 11 is 0. The zero-order chi connectivity index (χ0) is 24.4. The first-order chi connectivity index (χ1) is 16.3. The second kappa shape index (κ2) is 9.14. The molecule has 1 saturated heterocycles. The smallest absolute Gasteiger partial charge is 0.330 e. The Bertz CT molecular complexity index is 1210. The predicted octanol–water partition coefficient (Wildman–Crippen LogP) is 0.442. The van der Waals surface area contributed by atoms with Gasteiger partial charge in [0.2, 0.25) is 17.7 Å². The van der Waals surface area contributed by atoms with Gasteiger partial charge in [0, 0.05) is 12.1 Å². The molecule has 0 spiro atoms. The Labute approximate surface area is 193 Å². The van der Waals surface area contributed by atoms with E-state index in [2.05, 4.69) is 16.0 Å². The number of carbonyl (C=O) groups excluding carboxylic acids is 5. The lowest BCUT2D eigenvalue weighted by atomic mass is 10.0. The lowest BCUT2D eigenvalue weighted by Crippen LogP contribution is -2.54. The van der Waals surface area contributed by atoms with Crippen LogP contribution in [0.2, 0.25) is 0 Å². The van der Waals surface area contributed by atoms with Crippen LogP contribution in [0.15, 0.2) is 48.5 Å². The number of piperidine rings is 1. The van der Waals surface area contributed by atoms with Gasteiger partial charge in [0.25, 0.3) is 11.8 Å². The third-order valence-corrected chi connectivity index (χ3v) is 5.59. The summed E-state index contributed by atoms with van der Waals surface area (Å²) in [5, 5.41) is 16.8. The molecule has 2 aliphatic heterocycles. The molecular weight excluding hydrogens is 444 g/mol. The maximum Gasteiger partial charge on any atom is 0.330 e. The average Bonchev–Trinajstić information content (AvgIpc) is 3.07. The van der Waals surface area contributed by atoms with Gasteiger partial charge >= 0.3 is 5.97 Å². The van der Waals surface area contributed by atoms with Crippen LogP contribution in [-0.4, -0.2) is 58.1 Å². The molecule has 0 aliphatic carbocycles. The van der Waals surface area contributed by atoms with Gasteiger partial charge in [-0.3, -0.25) is 34.2 Å². The number of rotatable bonds is 7. The zero-order valence-electron chi connectivity index (χ0n) is 17.7. The number of hydrogen-bond acceptors (Lipinski definition) is 7. The quantitative estimate of drug-likeness (QED) is 0.429. The molecule has 4 rings (SSSR count). The van der Waals surface area contributed by atoms with Gasteiger partial charge in [-0.1, -0.05) is 36.4 Å². The highest BCUT2D eigenvalue weighted by molar-refractivity contribution is 6.25. The molecule has 34 heavy (non-hydrogen) atoms. The van der Waals surface area contributed by atoms with Gasteiger partial charge in [-0.05, 0) is 24.1 Å². The molecule has 2 aromatic carbocycles. The molecule has 1 unspecified atom stereocenters. The molecule has 11 nitrogen and oxygen atoms in total. The number of amides is 5. The summed E-state index contributed by atoms with van der Waals surface area (Å²) in [5.74, 6) is -4.46. The average molecular weight is 464 g/mol. The highest BCUT2D eigenvalue weighted by Gasteiger charge is 2.45. The molecule has 5 amide bonds. The summed E-state index contributed by atoms with van der Waals surface area (Å²) in [4.78, 5) is 74.5. The summed E-state index contributed by atoms with van der Waals surface area (Å²) in [6.45, 7) is -0.368. The van der Waals surface area contributed by atoms with Crippen molar-refractivity contribution in [3.63, 3.8) is 0 Å². The lowest BCUT2D eigenvalue weighted by molar-refractivity contribution is -0.141. The van der Waals surface area contributed by atoms with Crippen molar-refractivity contribution in [3.8, 4) is 0 Å². The van der Waals surface area contributed by atoms with E-state index < -0.39 is 47.6 Å². The van der Waals surface area contributed by atoms with E-state index in [1.807, 2.05) is 0 Å². The van der Waals surface area contributed by atoms with Crippen molar-refractivity contribution < 1.29 is 33.9 Å². The molecule has 0 aromatic heterocycles. The minimum Gasteiger partial charge on any atom is -0.479 e. The largest absolute Gasteiger partial charge is 0.479 e. The van der Waals surface area contributed by atoms with Crippen LogP contribution in [-0.2, 0) is 19.2 Å². The number of aliphatic carboxylic acids is 1. The van der Waals surface area contributed by atoms with Gasteiger partial charge in [0.1, 0.15) is 6.04 Å². The fraction of sp³-hybridized carbons (Fsp3) is 0.217. The first-order valence-electron chi connectivity index (χ1n) is 10.4. The van der Waals surface area contributed by atoms with Crippen LogP contribution in [0, 0.1) is 0 Å². The maximum atomic E-state index is 13.1. The van der Waals surface area contributed by atoms with Crippen LogP contribution in [0.25, 0.3) is 0 Å². The Morgan fingerprint density at radius 1 is 1.03 bits per heavy atom. The first-order valence-corrected chi connectivity index (χ1v) is 10.4. The Morgan fingerprint density at radius 3 is 2.44 bits per heavy atom. The van der Waals surface area contributed by atoms with E-state index in [4.69, 9.17) is 0 Å². The van der Waals surface area contributed by atoms with Crippen LogP contribution in [0.1, 0.15) is 45.2 Å². The Kier molecular flexibility index (Phi) is 6.09. The Morgan fingerprint density at radius 2 is 1.76 bits per heavy atom. The van der Waals surface area contributed by atoms with Crippen molar-refractivity contribution >= 4 is 41.2 Å². The summed E-state index contributed by atoms with van der Waals surface area (Å²) in [5.41, 5.74) is 0.646. The molecule has 2 aromatic rings. The molecule has 0 bridgehead atoms. The molecular formula is C23H20N4O7. The minimum atomic E-state index is -1.26. The van der Waals surface area contributed by atoms with E-state index in [1.54, 1.807) is 30.3 Å². The van der Waals surface area contributed by atoms with Gasteiger partial charge in [-0.2, -0.15) is 0 Å². The summed E-state index contributed by atoms with van der Waals surface area (Å²) in [7, 11) is 0. The number of nitrogens with one attached hydrogen (secondary N) is 3. The van der Waals surface area contributed by atoms with E-state index in [9.17, 15) is 33.9 Å². The van der Waals surface area contributed by atoms with Gasteiger partial charge < -0.3 is 15.7 Å². The Hall–Kier alpha value is -4.54. The van der Waals surface area contributed by atoms with Crippen molar-refractivity contribution in [1.29, 1.82) is 0 Å². The third kappa shape index (κ3) is 4.22. The summed E-state index contributed by atoms with van der Waals surface area (Å²) in [6.07, 6.45) is 0.0264. The van der Waals surface area contributed by atoms with Gasteiger partial charge in [0.15, 0.2) is 6.04 Å². The third-order valence-electron chi connectivity index (χ3n) is 5.59. The molecule has 1 fully saturated rings.